The first-order chi connectivity index (χ1) is 22.2. The average Bonchev–Trinajstić information content (AvgIpc) is 3.60. The molecule has 9 rings (SSSR count). The van der Waals surface area contributed by atoms with Crippen LogP contribution in [-0.2, 0) is 5.41 Å². The number of fused-ring (bicyclic) bond motifs is 7. The van der Waals surface area contributed by atoms with E-state index in [1.165, 1.54) is 38.6 Å². The minimum atomic E-state index is -0.313. The molecule has 0 fully saturated rings. The van der Waals surface area contributed by atoms with Crippen LogP contribution in [0.3, 0.4) is 0 Å². The number of para-hydroxylation sites is 1. The van der Waals surface area contributed by atoms with E-state index < -0.39 is 0 Å². The van der Waals surface area contributed by atoms with E-state index in [0.717, 1.165) is 22.2 Å². The first-order valence-corrected chi connectivity index (χ1v) is 15.3. The van der Waals surface area contributed by atoms with E-state index in [9.17, 15) is 0 Å². The maximum Gasteiger partial charge on any atom is 0.238 e. The highest BCUT2D eigenvalue weighted by molar-refractivity contribution is 6.15. The number of hydrogen-bond acceptors (Lipinski definition) is 3. The number of hydrogen-bond donors (Lipinski definition) is 0. The molecular formula is C41H28N4. The molecule has 0 amide bonds. The zero-order valence-electron chi connectivity index (χ0n) is 24.7. The molecule has 4 heteroatoms. The average molecular weight is 577 g/mol. The Bertz CT molecular complexity index is 2320. The summed E-state index contributed by atoms with van der Waals surface area (Å²) < 4.78 is 2.26. The summed E-state index contributed by atoms with van der Waals surface area (Å²) in [6.45, 7) is 2.36. The van der Waals surface area contributed by atoms with Gasteiger partial charge in [0, 0.05) is 32.9 Å². The van der Waals surface area contributed by atoms with Crippen molar-refractivity contribution in [2.24, 2.45) is 0 Å². The summed E-state index contributed by atoms with van der Waals surface area (Å²) in [5.74, 6) is 1.90. The molecule has 4 nitrogen and oxygen atoms in total. The standard InChI is InChI=1S/C41H28N4/c1-41(29-19-9-4-10-20-29)33-23-13-11-22-32(33)36-34(41)26-25-31-30-21-12-14-24-35(30)45(37(31)36)40-43-38(27-15-5-2-6-16-27)42-39(44-40)28-17-7-3-8-18-28/h2-26H,1H3. The quantitative estimate of drug-likeness (QED) is 0.210. The van der Waals surface area contributed by atoms with Gasteiger partial charge in [-0.2, -0.15) is 9.97 Å². The van der Waals surface area contributed by atoms with Crippen LogP contribution < -0.4 is 0 Å². The third-order valence-corrected chi connectivity index (χ3v) is 9.35. The monoisotopic (exact) mass is 576 g/mol. The number of benzene rings is 6. The number of nitrogens with zero attached hydrogens (tertiary/aromatic N) is 4. The molecule has 0 bridgehead atoms. The molecule has 0 saturated carbocycles. The molecule has 2 heterocycles. The van der Waals surface area contributed by atoms with Crippen LogP contribution in [-0.4, -0.2) is 19.5 Å². The Morgan fingerprint density at radius 2 is 1.07 bits per heavy atom. The predicted octanol–water partition coefficient (Wildman–Crippen LogP) is 9.64. The fourth-order valence-electron chi connectivity index (χ4n) is 7.22. The lowest BCUT2D eigenvalue weighted by molar-refractivity contribution is 0.714. The molecule has 0 spiro atoms. The van der Waals surface area contributed by atoms with Crippen molar-refractivity contribution >= 4 is 21.8 Å². The van der Waals surface area contributed by atoms with E-state index in [2.05, 4.69) is 127 Å². The molecule has 1 unspecified atom stereocenters. The highest BCUT2D eigenvalue weighted by atomic mass is 15.2. The van der Waals surface area contributed by atoms with E-state index in [0.29, 0.717) is 17.6 Å². The fraction of sp³-hybridized carbons (Fsp3) is 0.0488. The van der Waals surface area contributed by atoms with E-state index in [-0.39, 0.29) is 5.41 Å². The molecule has 1 aliphatic rings. The summed E-state index contributed by atoms with van der Waals surface area (Å²) in [5, 5.41) is 2.35. The second kappa shape index (κ2) is 9.83. The van der Waals surface area contributed by atoms with Crippen LogP contribution >= 0.6 is 0 Å². The van der Waals surface area contributed by atoms with Crippen LogP contribution in [0.1, 0.15) is 23.6 Å². The van der Waals surface area contributed by atoms with Gasteiger partial charge in [0.25, 0.3) is 0 Å². The molecular weight excluding hydrogens is 548 g/mol. The zero-order chi connectivity index (χ0) is 30.0. The number of aromatic nitrogens is 4. The van der Waals surface area contributed by atoms with Gasteiger partial charge in [-0.1, -0.05) is 146 Å². The molecule has 45 heavy (non-hydrogen) atoms. The first-order valence-electron chi connectivity index (χ1n) is 15.3. The molecule has 212 valence electrons. The summed E-state index contributed by atoms with van der Waals surface area (Å²) in [4.78, 5) is 15.4. The topological polar surface area (TPSA) is 43.6 Å². The Morgan fingerprint density at radius 3 is 1.76 bits per heavy atom. The van der Waals surface area contributed by atoms with E-state index in [1.807, 2.05) is 36.4 Å². The van der Waals surface area contributed by atoms with Gasteiger partial charge in [-0.3, -0.25) is 4.57 Å². The van der Waals surface area contributed by atoms with Crippen molar-refractivity contribution in [3.05, 3.63) is 168 Å². The van der Waals surface area contributed by atoms with Gasteiger partial charge in [0.2, 0.25) is 5.95 Å². The van der Waals surface area contributed by atoms with Crippen molar-refractivity contribution in [3.8, 4) is 39.9 Å². The second-order valence-corrected chi connectivity index (χ2v) is 11.8. The summed E-state index contributed by atoms with van der Waals surface area (Å²) in [7, 11) is 0. The molecule has 6 aromatic carbocycles. The van der Waals surface area contributed by atoms with Crippen LogP contribution in [0.2, 0.25) is 0 Å². The van der Waals surface area contributed by atoms with Crippen molar-refractivity contribution in [2.45, 2.75) is 12.3 Å². The Labute approximate surface area is 261 Å². The first kappa shape index (κ1) is 25.6. The molecule has 1 atom stereocenters. The summed E-state index contributed by atoms with van der Waals surface area (Å²) in [6, 6.07) is 53.3. The van der Waals surface area contributed by atoms with E-state index >= 15 is 0 Å². The van der Waals surface area contributed by atoms with Crippen molar-refractivity contribution < 1.29 is 0 Å². The van der Waals surface area contributed by atoms with Gasteiger partial charge in [-0.15, -0.1) is 0 Å². The maximum atomic E-state index is 5.19. The highest BCUT2D eigenvalue weighted by Gasteiger charge is 2.42. The van der Waals surface area contributed by atoms with Gasteiger partial charge in [-0.25, -0.2) is 4.98 Å². The van der Waals surface area contributed by atoms with E-state index in [1.54, 1.807) is 0 Å². The van der Waals surface area contributed by atoms with Crippen LogP contribution in [0, 0.1) is 0 Å². The summed E-state index contributed by atoms with van der Waals surface area (Å²) in [6.07, 6.45) is 0. The van der Waals surface area contributed by atoms with Crippen molar-refractivity contribution in [1.29, 1.82) is 0 Å². The van der Waals surface area contributed by atoms with Gasteiger partial charge in [0.05, 0.1) is 11.0 Å². The molecule has 8 aromatic rings. The SMILES string of the molecule is CC1(c2ccccc2)c2ccccc2-c2c1ccc1c3ccccc3n(-c3nc(-c4ccccc4)nc(-c4ccccc4)n3)c21. The largest absolute Gasteiger partial charge is 0.277 e. The predicted molar refractivity (Wildman–Crippen MR) is 182 cm³/mol. The normalized spacial score (nSPS) is 15.3. The van der Waals surface area contributed by atoms with Crippen molar-refractivity contribution in [3.63, 3.8) is 0 Å². The van der Waals surface area contributed by atoms with Gasteiger partial charge < -0.3 is 0 Å². The Balaban J connectivity index is 1.42. The van der Waals surface area contributed by atoms with Crippen LogP contribution in [0.25, 0.3) is 61.7 Å². The highest BCUT2D eigenvalue weighted by Crippen LogP contribution is 2.55. The van der Waals surface area contributed by atoms with Gasteiger partial charge in [0.15, 0.2) is 11.6 Å². The minimum absolute atomic E-state index is 0.313. The summed E-state index contributed by atoms with van der Waals surface area (Å²) >= 11 is 0. The lowest BCUT2D eigenvalue weighted by Gasteiger charge is -2.28. The van der Waals surface area contributed by atoms with Gasteiger partial charge in [-0.05, 0) is 35.2 Å². The maximum absolute atomic E-state index is 5.19. The lowest BCUT2D eigenvalue weighted by atomic mass is 9.74. The molecule has 1 aliphatic carbocycles. The summed E-state index contributed by atoms with van der Waals surface area (Å²) in [5.41, 5.74) is 10.1. The Hall–Kier alpha value is -5.87. The molecule has 0 aliphatic heterocycles. The zero-order valence-corrected chi connectivity index (χ0v) is 24.7. The lowest BCUT2D eigenvalue weighted by Crippen LogP contribution is -2.22. The molecule has 0 saturated heterocycles. The number of rotatable bonds is 4. The third kappa shape index (κ3) is 3.76. The van der Waals surface area contributed by atoms with Crippen molar-refractivity contribution in [2.75, 3.05) is 0 Å². The second-order valence-electron chi connectivity index (χ2n) is 11.8. The Morgan fingerprint density at radius 1 is 0.489 bits per heavy atom. The van der Waals surface area contributed by atoms with Crippen LogP contribution in [0.4, 0.5) is 0 Å². The molecule has 0 N–H and O–H groups in total. The Kier molecular flexibility index (Phi) is 5.59. The van der Waals surface area contributed by atoms with E-state index in [4.69, 9.17) is 15.0 Å². The third-order valence-electron chi connectivity index (χ3n) is 9.35. The van der Waals surface area contributed by atoms with Crippen molar-refractivity contribution in [1.82, 2.24) is 19.5 Å². The van der Waals surface area contributed by atoms with Crippen LogP contribution in [0.15, 0.2) is 152 Å². The van der Waals surface area contributed by atoms with Gasteiger partial charge in [0.1, 0.15) is 0 Å². The van der Waals surface area contributed by atoms with Crippen LogP contribution in [0.5, 0.6) is 0 Å². The minimum Gasteiger partial charge on any atom is -0.277 e. The molecule has 2 aromatic heterocycles. The molecule has 0 radical (unpaired) electrons. The fourth-order valence-corrected chi connectivity index (χ4v) is 7.22. The smallest absolute Gasteiger partial charge is 0.238 e. The van der Waals surface area contributed by atoms with Gasteiger partial charge >= 0.3 is 0 Å².